The van der Waals surface area contributed by atoms with Crippen LogP contribution in [0.2, 0.25) is 0 Å². The number of hydrogen-bond donors (Lipinski definition) is 0. The van der Waals surface area contributed by atoms with Crippen molar-refractivity contribution in [3.63, 3.8) is 0 Å². The number of rotatable bonds is 6. The molecule has 0 aromatic heterocycles. The van der Waals surface area contributed by atoms with Crippen LogP contribution in [0.1, 0.15) is 38.2 Å². The predicted molar refractivity (Wildman–Crippen MR) is 112 cm³/mol. The fraction of sp³-hybridized carbons (Fsp3) is 0.652. The molecule has 1 atom stereocenters. The van der Waals surface area contributed by atoms with Crippen molar-refractivity contribution in [1.29, 1.82) is 0 Å². The molecule has 2 aliphatic rings. The molecule has 1 aromatic rings. The van der Waals surface area contributed by atoms with Crippen molar-refractivity contribution in [2.75, 3.05) is 46.3 Å². The van der Waals surface area contributed by atoms with Gasteiger partial charge in [-0.2, -0.15) is 0 Å². The SMILES string of the molecule is CC(=O)N1CCC(C(=O)N(CCc2ccccc2)CC2CCCN(C)C2)CC1. The quantitative estimate of drug-likeness (QED) is 0.756. The minimum absolute atomic E-state index is 0.0627. The van der Waals surface area contributed by atoms with Gasteiger partial charge in [-0.05, 0) is 57.2 Å². The van der Waals surface area contributed by atoms with Crippen molar-refractivity contribution >= 4 is 11.8 Å². The van der Waals surface area contributed by atoms with Crippen molar-refractivity contribution in [2.45, 2.75) is 39.0 Å². The van der Waals surface area contributed by atoms with Gasteiger partial charge >= 0.3 is 0 Å². The molecule has 2 fully saturated rings. The Hall–Kier alpha value is -1.88. The summed E-state index contributed by atoms with van der Waals surface area (Å²) in [5.74, 6) is 1.05. The lowest BCUT2D eigenvalue weighted by atomic mass is 9.93. The summed E-state index contributed by atoms with van der Waals surface area (Å²) < 4.78 is 0. The smallest absolute Gasteiger partial charge is 0.225 e. The predicted octanol–water partition coefficient (Wildman–Crippen LogP) is 2.66. The van der Waals surface area contributed by atoms with Crippen LogP contribution in [0.5, 0.6) is 0 Å². The lowest BCUT2D eigenvalue weighted by Crippen LogP contribution is -2.47. The maximum absolute atomic E-state index is 13.4. The molecule has 1 aromatic carbocycles. The number of likely N-dealkylation sites (tertiary alicyclic amines) is 2. The fourth-order valence-electron chi connectivity index (χ4n) is 4.63. The van der Waals surface area contributed by atoms with Gasteiger partial charge in [0.15, 0.2) is 0 Å². The highest BCUT2D eigenvalue weighted by molar-refractivity contribution is 5.79. The van der Waals surface area contributed by atoms with Crippen LogP contribution in [-0.4, -0.2) is 72.8 Å². The average molecular weight is 386 g/mol. The Balaban J connectivity index is 1.62. The molecule has 0 N–H and O–H groups in total. The van der Waals surface area contributed by atoms with Gasteiger partial charge < -0.3 is 14.7 Å². The zero-order valence-electron chi connectivity index (χ0n) is 17.5. The highest BCUT2D eigenvalue weighted by Gasteiger charge is 2.31. The van der Waals surface area contributed by atoms with Crippen LogP contribution < -0.4 is 0 Å². The van der Waals surface area contributed by atoms with E-state index in [9.17, 15) is 9.59 Å². The molecule has 5 nitrogen and oxygen atoms in total. The van der Waals surface area contributed by atoms with E-state index in [0.717, 1.165) is 45.4 Å². The van der Waals surface area contributed by atoms with Crippen LogP contribution >= 0.6 is 0 Å². The van der Waals surface area contributed by atoms with Crippen LogP contribution in [-0.2, 0) is 16.0 Å². The number of benzene rings is 1. The van der Waals surface area contributed by atoms with Crippen molar-refractivity contribution < 1.29 is 9.59 Å². The van der Waals surface area contributed by atoms with E-state index < -0.39 is 0 Å². The van der Waals surface area contributed by atoms with E-state index in [1.165, 1.54) is 18.4 Å². The van der Waals surface area contributed by atoms with Crippen LogP contribution in [0.4, 0.5) is 0 Å². The van der Waals surface area contributed by atoms with Crippen LogP contribution in [0.15, 0.2) is 30.3 Å². The molecule has 0 radical (unpaired) electrons. The number of carbonyl (C=O) groups is 2. The molecular weight excluding hydrogens is 350 g/mol. The lowest BCUT2D eigenvalue weighted by molar-refractivity contribution is -0.140. The van der Waals surface area contributed by atoms with Gasteiger partial charge in [-0.3, -0.25) is 9.59 Å². The second-order valence-corrected chi connectivity index (χ2v) is 8.57. The fourth-order valence-corrected chi connectivity index (χ4v) is 4.63. The topological polar surface area (TPSA) is 43.9 Å². The van der Waals surface area contributed by atoms with Crippen LogP contribution in [0, 0.1) is 11.8 Å². The monoisotopic (exact) mass is 385 g/mol. The minimum Gasteiger partial charge on any atom is -0.343 e. The number of nitrogens with zero attached hydrogens (tertiary/aromatic N) is 3. The Morgan fingerprint density at radius 1 is 1.07 bits per heavy atom. The normalized spacial score (nSPS) is 21.5. The van der Waals surface area contributed by atoms with Gasteiger partial charge in [-0.15, -0.1) is 0 Å². The Morgan fingerprint density at radius 2 is 1.79 bits per heavy atom. The van der Waals surface area contributed by atoms with Gasteiger partial charge in [0.1, 0.15) is 0 Å². The van der Waals surface area contributed by atoms with Crippen LogP contribution in [0.3, 0.4) is 0 Å². The Kier molecular flexibility index (Phi) is 7.49. The van der Waals surface area contributed by atoms with Gasteiger partial charge in [0.2, 0.25) is 11.8 Å². The molecule has 2 saturated heterocycles. The van der Waals surface area contributed by atoms with E-state index in [4.69, 9.17) is 0 Å². The Morgan fingerprint density at radius 3 is 2.43 bits per heavy atom. The summed E-state index contributed by atoms with van der Waals surface area (Å²) in [4.78, 5) is 31.3. The van der Waals surface area contributed by atoms with E-state index in [1.54, 1.807) is 6.92 Å². The van der Waals surface area contributed by atoms with E-state index in [2.05, 4.69) is 41.1 Å². The van der Waals surface area contributed by atoms with Crippen LogP contribution in [0.25, 0.3) is 0 Å². The molecule has 3 rings (SSSR count). The molecule has 0 saturated carbocycles. The summed E-state index contributed by atoms with van der Waals surface area (Å²) >= 11 is 0. The van der Waals surface area contributed by atoms with Gasteiger partial charge in [0.25, 0.3) is 0 Å². The molecular formula is C23H35N3O2. The number of amides is 2. The maximum atomic E-state index is 13.4. The van der Waals surface area contributed by atoms with Gasteiger partial charge in [0.05, 0.1) is 0 Å². The summed E-state index contributed by atoms with van der Waals surface area (Å²) in [7, 11) is 2.18. The van der Waals surface area contributed by atoms with Crippen molar-refractivity contribution in [3.05, 3.63) is 35.9 Å². The second kappa shape index (κ2) is 10.1. The zero-order valence-corrected chi connectivity index (χ0v) is 17.5. The summed E-state index contributed by atoms with van der Waals surface area (Å²) in [6, 6.07) is 10.4. The summed E-state index contributed by atoms with van der Waals surface area (Å²) in [5, 5.41) is 0. The molecule has 2 aliphatic heterocycles. The van der Waals surface area contributed by atoms with E-state index in [1.807, 2.05) is 11.0 Å². The highest BCUT2D eigenvalue weighted by Crippen LogP contribution is 2.23. The van der Waals surface area contributed by atoms with Crippen molar-refractivity contribution in [2.24, 2.45) is 11.8 Å². The molecule has 28 heavy (non-hydrogen) atoms. The highest BCUT2D eigenvalue weighted by atomic mass is 16.2. The molecule has 0 aliphatic carbocycles. The third kappa shape index (κ3) is 5.81. The average Bonchev–Trinajstić information content (AvgIpc) is 2.71. The third-order valence-electron chi connectivity index (χ3n) is 6.32. The van der Waals surface area contributed by atoms with Gasteiger partial charge in [-0.1, -0.05) is 30.3 Å². The molecule has 2 amide bonds. The lowest BCUT2D eigenvalue weighted by Gasteiger charge is -2.37. The zero-order chi connectivity index (χ0) is 19.9. The maximum Gasteiger partial charge on any atom is 0.225 e. The molecule has 0 bridgehead atoms. The Labute approximate surface area is 169 Å². The molecule has 2 heterocycles. The number of piperidine rings is 2. The van der Waals surface area contributed by atoms with E-state index in [-0.39, 0.29) is 11.8 Å². The Bertz CT molecular complexity index is 641. The first-order valence-corrected chi connectivity index (χ1v) is 10.8. The molecule has 1 unspecified atom stereocenters. The van der Waals surface area contributed by atoms with Crippen molar-refractivity contribution in [1.82, 2.24) is 14.7 Å². The first-order chi connectivity index (χ1) is 13.5. The first-order valence-electron chi connectivity index (χ1n) is 10.8. The second-order valence-electron chi connectivity index (χ2n) is 8.57. The molecule has 0 spiro atoms. The first kappa shape index (κ1) is 20.8. The number of hydrogen-bond acceptors (Lipinski definition) is 3. The molecule has 5 heteroatoms. The molecule has 154 valence electrons. The third-order valence-corrected chi connectivity index (χ3v) is 6.32. The largest absolute Gasteiger partial charge is 0.343 e. The summed E-state index contributed by atoms with van der Waals surface area (Å²) in [6.07, 6.45) is 4.93. The summed E-state index contributed by atoms with van der Waals surface area (Å²) in [6.45, 7) is 6.94. The van der Waals surface area contributed by atoms with Gasteiger partial charge in [-0.25, -0.2) is 0 Å². The summed E-state index contributed by atoms with van der Waals surface area (Å²) in [5.41, 5.74) is 1.28. The van der Waals surface area contributed by atoms with Crippen molar-refractivity contribution in [3.8, 4) is 0 Å². The number of carbonyl (C=O) groups excluding carboxylic acids is 2. The van der Waals surface area contributed by atoms with Gasteiger partial charge in [0, 0.05) is 45.6 Å². The minimum atomic E-state index is 0.0627. The van der Waals surface area contributed by atoms with E-state index in [0.29, 0.717) is 24.9 Å². The standard InChI is InChI=1S/C23H35N3O2/c1-19(27)25-15-11-22(12-16-25)23(28)26(14-10-20-7-4-3-5-8-20)18-21-9-6-13-24(2)17-21/h3-5,7-8,21-22H,6,9-18H2,1-2H3. The van der Waals surface area contributed by atoms with E-state index >= 15 is 0 Å².